The summed E-state index contributed by atoms with van der Waals surface area (Å²) in [5.41, 5.74) is -0.278. The zero-order valence-corrected chi connectivity index (χ0v) is 11.7. The molecule has 0 aromatic rings. The topological polar surface area (TPSA) is 32.7 Å². The molecule has 104 valence electrons. The molecule has 4 aliphatic carbocycles. The van der Waals surface area contributed by atoms with Gasteiger partial charge in [0.2, 0.25) is 0 Å². The Balaban J connectivity index is 0.000001000. The van der Waals surface area contributed by atoms with E-state index in [0.717, 1.165) is 69.4 Å². The predicted molar refractivity (Wildman–Crippen MR) is 71.9 cm³/mol. The molecule has 2 atom stereocenters. The largest absolute Gasteiger partial charge is 0.390 e. The number of hydrogen-bond donors (Lipinski definition) is 1. The third kappa shape index (κ3) is 2.00. The Hall–Kier alpha value is 0.170. The predicted octanol–water partition coefficient (Wildman–Crippen LogP) is 1.68. The van der Waals surface area contributed by atoms with Crippen LogP contribution in [0.4, 0.5) is 0 Å². The highest BCUT2D eigenvalue weighted by Gasteiger charge is 2.55. The first-order valence-corrected chi connectivity index (χ1v) is 7.28. The molecule has 4 saturated carbocycles. The van der Waals surface area contributed by atoms with Crippen molar-refractivity contribution in [2.24, 2.45) is 17.8 Å². The molecule has 1 N–H and O–H groups in total. The van der Waals surface area contributed by atoms with Gasteiger partial charge in [-0.2, -0.15) is 0 Å². The normalized spacial score (nSPS) is 51.2. The fraction of sp³-hybridized carbons (Fsp3) is 1.00. The molecule has 5 fully saturated rings. The van der Waals surface area contributed by atoms with Crippen LogP contribution in [0, 0.1) is 17.8 Å². The van der Waals surface area contributed by atoms with Crippen molar-refractivity contribution in [3.05, 3.63) is 0 Å². The Morgan fingerprint density at radius 3 is 2.17 bits per heavy atom. The summed E-state index contributed by atoms with van der Waals surface area (Å²) in [6, 6.07) is 0.760. The van der Waals surface area contributed by atoms with Crippen molar-refractivity contribution < 1.29 is 9.84 Å². The summed E-state index contributed by atoms with van der Waals surface area (Å²) in [7, 11) is 0. The van der Waals surface area contributed by atoms with E-state index in [4.69, 9.17) is 4.74 Å². The summed E-state index contributed by atoms with van der Waals surface area (Å²) in [6.45, 7) is 4.04. The first-order chi connectivity index (χ1) is 8.23. The molecule has 0 radical (unpaired) electrons. The van der Waals surface area contributed by atoms with Crippen molar-refractivity contribution in [2.45, 2.75) is 43.7 Å². The number of ether oxygens (including phenoxy) is 1. The molecule has 18 heavy (non-hydrogen) atoms. The van der Waals surface area contributed by atoms with Crippen molar-refractivity contribution in [3.63, 3.8) is 0 Å². The van der Waals surface area contributed by atoms with Gasteiger partial charge in [0, 0.05) is 19.1 Å². The third-order valence-corrected chi connectivity index (χ3v) is 5.66. The van der Waals surface area contributed by atoms with E-state index in [9.17, 15) is 5.11 Å². The van der Waals surface area contributed by atoms with Crippen LogP contribution in [-0.2, 0) is 4.74 Å². The van der Waals surface area contributed by atoms with Crippen LogP contribution < -0.4 is 0 Å². The Bertz CT molecular complexity index is 303. The van der Waals surface area contributed by atoms with Crippen molar-refractivity contribution in [3.8, 4) is 0 Å². The average molecular weight is 274 g/mol. The van der Waals surface area contributed by atoms with Crippen LogP contribution in [0.1, 0.15) is 32.1 Å². The lowest BCUT2D eigenvalue weighted by atomic mass is 9.52. The van der Waals surface area contributed by atoms with Crippen LogP contribution in [0.25, 0.3) is 0 Å². The number of rotatable bonds is 1. The fourth-order valence-electron chi connectivity index (χ4n) is 5.43. The van der Waals surface area contributed by atoms with Crippen LogP contribution in [0.5, 0.6) is 0 Å². The highest BCUT2D eigenvalue weighted by atomic mass is 35.5. The minimum Gasteiger partial charge on any atom is -0.390 e. The summed E-state index contributed by atoms with van der Waals surface area (Å²) in [5, 5.41) is 10.6. The minimum absolute atomic E-state index is 0. The number of morpholine rings is 1. The lowest BCUT2D eigenvalue weighted by Crippen LogP contribution is -2.63. The Morgan fingerprint density at radius 1 is 1.00 bits per heavy atom. The third-order valence-electron chi connectivity index (χ3n) is 5.66. The fourth-order valence-corrected chi connectivity index (χ4v) is 5.43. The van der Waals surface area contributed by atoms with Gasteiger partial charge in [-0.25, -0.2) is 0 Å². The van der Waals surface area contributed by atoms with E-state index >= 15 is 0 Å². The molecule has 5 rings (SSSR count). The molecule has 1 heterocycles. The van der Waals surface area contributed by atoms with E-state index in [1.165, 1.54) is 12.8 Å². The first kappa shape index (κ1) is 13.2. The molecular formula is C14H24ClNO2. The van der Waals surface area contributed by atoms with E-state index in [1.54, 1.807) is 0 Å². The second-order valence-electron chi connectivity index (χ2n) is 6.83. The zero-order chi connectivity index (χ0) is 11.5. The molecule has 1 aliphatic heterocycles. The summed E-state index contributed by atoms with van der Waals surface area (Å²) < 4.78 is 5.47. The van der Waals surface area contributed by atoms with Crippen LogP contribution in [-0.4, -0.2) is 48.0 Å². The zero-order valence-electron chi connectivity index (χ0n) is 10.9. The van der Waals surface area contributed by atoms with E-state index in [-0.39, 0.29) is 18.0 Å². The van der Waals surface area contributed by atoms with Crippen LogP contribution in [0.2, 0.25) is 0 Å². The number of halogens is 1. The van der Waals surface area contributed by atoms with E-state index in [0.29, 0.717) is 0 Å². The van der Waals surface area contributed by atoms with Gasteiger partial charge in [0.1, 0.15) is 0 Å². The molecule has 0 aromatic heterocycles. The molecule has 0 aromatic carbocycles. The summed E-state index contributed by atoms with van der Waals surface area (Å²) in [6.07, 6.45) is 5.99. The molecule has 4 heteroatoms. The number of nitrogens with zero attached hydrogens (tertiary/aromatic N) is 1. The standard InChI is InChI=1S/C14H23NO2.ClH/c16-14-7-10-5-11(8-14)13(12(6-10)9-14)15-1-3-17-4-2-15;/h10-13,16H,1-9H2;1H. The summed E-state index contributed by atoms with van der Waals surface area (Å²) in [4.78, 5) is 2.67. The Kier molecular flexibility index (Phi) is 3.38. The highest BCUT2D eigenvalue weighted by molar-refractivity contribution is 5.85. The average Bonchev–Trinajstić information content (AvgIpc) is 2.27. The first-order valence-electron chi connectivity index (χ1n) is 7.28. The lowest BCUT2D eigenvalue weighted by molar-refractivity contribution is -0.167. The summed E-state index contributed by atoms with van der Waals surface area (Å²) in [5.74, 6) is 2.36. The smallest absolute Gasteiger partial charge is 0.0657 e. The molecule has 5 aliphatic rings. The van der Waals surface area contributed by atoms with Gasteiger partial charge in [-0.15, -0.1) is 12.4 Å². The van der Waals surface area contributed by atoms with Crippen molar-refractivity contribution in [2.75, 3.05) is 26.3 Å². The quantitative estimate of drug-likeness (QED) is 0.789. The van der Waals surface area contributed by atoms with E-state index < -0.39 is 0 Å². The SMILES string of the molecule is Cl.OC12CC3CC(C1)C(N1CCOCC1)C(C3)C2. The second-order valence-corrected chi connectivity index (χ2v) is 6.83. The van der Waals surface area contributed by atoms with Gasteiger partial charge in [-0.05, 0) is 49.9 Å². The Morgan fingerprint density at radius 2 is 1.61 bits per heavy atom. The maximum atomic E-state index is 10.6. The highest BCUT2D eigenvalue weighted by Crippen LogP contribution is 2.56. The van der Waals surface area contributed by atoms with E-state index in [1.807, 2.05) is 0 Å². The molecule has 1 saturated heterocycles. The molecule has 0 amide bonds. The maximum Gasteiger partial charge on any atom is 0.0657 e. The molecule has 0 spiro atoms. The maximum absolute atomic E-state index is 10.6. The van der Waals surface area contributed by atoms with Gasteiger partial charge in [0.15, 0.2) is 0 Å². The van der Waals surface area contributed by atoms with Crippen LogP contribution in [0.15, 0.2) is 0 Å². The van der Waals surface area contributed by atoms with Gasteiger partial charge < -0.3 is 9.84 Å². The molecule has 2 unspecified atom stereocenters. The minimum atomic E-state index is -0.278. The Labute approximate surface area is 115 Å². The van der Waals surface area contributed by atoms with E-state index in [2.05, 4.69) is 4.90 Å². The van der Waals surface area contributed by atoms with Crippen molar-refractivity contribution in [1.82, 2.24) is 4.90 Å². The van der Waals surface area contributed by atoms with Crippen LogP contribution >= 0.6 is 12.4 Å². The molecular weight excluding hydrogens is 250 g/mol. The van der Waals surface area contributed by atoms with Crippen molar-refractivity contribution in [1.29, 1.82) is 0 Å². The van der Waals surface area contributed by atoms with Crippen LogP contribution in [0.3, 0.4) is 0 Å². The number of hydrogen-bond acceptors (Lipinski definition) is 3. The van der Waals surface area contributed by atoms with Crippen molar-refractivity contribution >= 4 is 12.4 Å². The lowest BCUT2D eigenvalue weighted by Gasteiger charge is -2.60. The summed E-state index contributed by atoms with van der Waals surface area (Å²) >= 11 is 0. The molecule has 4 bridgehead atoms. The van der Waals surface area contributed by atoms with Gasteiger partial charge in [0.25, 0.3) is 0 Å². The van der Waals surface area contributed by atoms with Gasteiger partial charge in [-0.3, -0.25) is 4.90 Å². The second kappa shape index (κ2) is 4.62. The van der Waals surface area contributed by atoms with Gasteiger partial charge in [-0.1, -0.05) is 0 Å². The number of aliphatic hydroxyl groups is 1. The molecule has 3 nitrogen and oxygen atoms in total. The monoisotopic (exact) mass is 273 g/mol. The van der Waals surface area contributed by atoms with Gasteiger partial charge in [0.05, 0.1) is 18.8 Å². The van der Waals surface area contributed by atoms with Gasteiger partial charge >= 0.3 is 0 Å².